The zero-order valence-electron chi connectivity index (χ0n) is 16.6. The molecule has 158 valence electrons. The molecule has 0 saturated heterocycles. The summed E-state index contributed by atoms with van der Waals surface area (Å²) in [4.78, 5) is 12.8. The van der Waals surface area contributed by atoms with Crippen molar-refractivity contribution in [3.8, 4) is 5.75 Å². The Kier molecular flexibility index (Phi) is 7.18. The molecule has 9 heteroatoms. The molecule has 1 N–H and O–H groups in total. The Morgan fingerprint density at radius 2 is 1.76 bits per heavy atom. The van der Waals surface area contributed by atoms with Crippen molar-refractivity contribution in [1.82, 2.24) is 5.32 Å². The second-order valence-corrected chi connectivity index (χ2v) is 8.44. The first kappa shape index (κ1) is 22.6. The van der Waals surface area contributed by atoms with Crippen molar-refractivity contribution >= 4 is 21.6 Å². The van der Waals surface area contributed by atoms with Gasteiger partial charge in [0.2, 0.25) is 15.9 Å². The van der Waals surface area contributed by atoms with E-state index in [-0.39, 0.29) is 11.7 Å². The predicted octanol–water partition coefficient (Wildman–Crippen LogP) is 3.40. The van der Waals surface area contributed by atoms with Gasteiger partial charge < -0.3 is 10.1 Å². The third kappa shape index (κ3) is 5.44. The summed E-state index contributed by atoms with van der Waals surface area (Å²) >= 11 is 0. The molecule has 2 rings (SSSR count). The maximum Gasteiger partial charge on any atom is 0.244 e. The molecule has 2 atom stereocenters. The summed E-state index contributed by atoms with van der Waals surface area (Å²) in [6, 6.07) is 8.29. The van der Waals surface area contributed by atoms with Gasteiger partial charge in [0.25, 0.3) is 0 Å². The van der Waals surface area contributed by atoms with Gasteiger partial charge in [-0.15, -0.1) is 0 Å². The Hall–Kier alpha value is -2.68. The second kappa shape index (κ2) is 9.21. The Morgan fingerprint density at radius 1 is 1.14 bits per heavy atom. The topological polar surface area (TPSA) is 75.7 Å². The number of nitrogens with zero attached hydrogens (tertiary/aromatic N) is 1. The fraction of sp³-hybridized carbons (Fsp3) is 0.350. The standard InChI is InChI=1S/C20H24F2N2O4S/c1-5-19(14-6-9-16(28-3)10-7-14)23-20(25)13(2)24(29(4,26)27)15-8-11-17(21)18(22)12-15/h6-13,19H,5H2,1-4H3,(H,23,25). The fourth-order valence-electron chi connectivity index (χ4n) is 2.98. The SMILES string of the molecule is CCC(NC(=O)C(C)N(c1ccc(F)c(F)c1)S(C)(=O)=O)c1ccc(OC)cc1. The fourth-order valence-corrected chi connectivity index (χ4v) is 4.15. The molecule has 0 bridgehead atoms. The number of rotatable bonds is 8. The minimum atomic E-state index is -3.94. The maximum atomic E-state index is 13.6. The lowest BCUT2D eigenvalue weighted by Gasteiger charge is -2.30. The van der Waals surface area contributed by atoms with Crippen LogP contribution in [-0.4, -0.2) is 33.7 Å². The van der Waals surface area contributed by atoms with E-state index in [0.717, 1.165) is 34.3 Å². The van der Waals surface area contributed by atoms with Crippen molar-refractivity contribution in [3.05, 3.63) is 59.7 Å². The highest BCUT2D eigenvalue weighted by atomic mass is 32.2. The molecule has 2 aromatic carbocycles. The average Bonchev–Trinajstić information content (AvgIpc) is 2.67. The van der Waals surface area contributed by atoms with Crippen molar-refractivity contribution < 1.29 is 26.7 Å². The molecule has 0 radical (unpaired) electrons. The zero-order valence-corrected chi connectivity index (χ0v) is 17.5. The van der Waals surface area contributed by atoms with Crippen LogP contribution in [0.4, 0.5) is 14.5 Å². The summed E-state index contributed by atoms with van der Waals surface area (Å²) in [5.41, 5.74) is 0.694. The van der Waals surface area contributed by atoms with E-state index in [9.17, 15) is 22.0 Å². The van der Waals surface area contributed by atoms with E-state index in [1.165, 1.54) is 6.92 Å². The van der Waals surface area contributed by atoms with E-state index >= 15 is 0 Å². The molecule has 0 spiro atoms. The monoisotopic (exact) mass is 426 g/mol. The van der Waals surface area contributed by atoms with Gasteiger partial charge in [-0.1, -0.05) is 19.1 Å². The molecule has 0 aliphatic rings. The smallest absolute Gasteiger partial charge is 0.244 e. The molecular weight excluding hydrogens is 402 g/mol. The van der Waals surface area contributed by atoms with Gasteiger partial charge in [-0.3, -0.25) is 9.10 Å². The number of carbonyl (C=O) groups excluding carboxylic acids is 1. The molecule has 0 saturated carbocycles. The molecule has 0 aromatic heterocycles. The number of hydrogen-bond donors (Lipinski definition) is 1. The van der Waals surface area contributed by atoms with Crippen LogP contribution in [-0.2, 0) is 14.8 Å². The van der Waals surface area contributed by atoms with E-state index in [0.29, 0.717) is 12.2 Å². The number of benzene rings is 2. The summed E-state index contributed by atoms with van der Waals surface area (Å²) in [5, 5.41) is 2.81. The summed E-state index contributed by atoms with van der Waals surface area (Å²) < 4.78 is 57.3. The van der Waals surface area contributed by atoms with E-state index in [4.69, 9.17) is 4.74 Å². The lowest BCUT2D eigenvalue weighted by molar-refractivity contribution is -0.122. The lowest BCUT2D eigenvalue weighted by atomic mass is 10.0. The summed E-state index contributed by atoms with van der Waals surface area (Å²) in [5.74, 6) is -2.20. The van der Waals surface area contributed by atoms with E-state index in [1.807, 2.05) is 19.1 Å². The first-order valence-electron chi connectivity index (χ1n) is 8.97. The number of halogens is 2. The van der Waals surface area contributed by atoms with Crippen molar-refractivity contribution in [1.29, 1.82) is 0 Å². The van der Waals surface area contributed by atoms with Gasteiger partial charge in [0, 0.05) is 6.07 Å². The van der Waals surface area contributed by atoms with Gasteiger partial charge in [0.15, 0.2) is 11.6 Å². The number of ether oxygens (including phenoxy) is 1. The molecule has 0 heterocycles. The van der Waals surface area contributed by atoms with Crippen LogP contribution in [0, 0.1) is 11.6 Å². The van der Waals surface area contributed by atoms with Crippen LogP contribution in [0.5, 0.6) is 5.75 Å². The van der Waals surface area contributed by atoms with Crippen LogP contribution in [0.2, 0.25) is 0 Å². The molecule has 2 unspecified atom stereocenters. The minimum absolute atomic E-state index is 0.133. The maximum absolute atomic E-state index is 13.6. The Bertz CT molecular complexity index is 965. The molecule has 6 nitrogen and oxygen atoms in total. The number of hydrogen-bond acceptors (Lipinski definition) is 4. The molecule has 0 aliphatic heterocycles. The van der Waals surface area contributed by atoms with Crippen LogP contribution < -0.4 is 14.4 Å². The molecule has 1 amide bonds. The molecule has 0 fully saturated rings. The third-order valence-electron chi connectivity index (χ3n) is 4.49. The van der Waals surface area contributed by atoms with E-state index in [2.05, 4.69) is 5.32 Å². The number of amides is 1. The van der Waals surface area contributed by atoms with Crippen LogP contribution in [0.15, 0.2) is 42.5 Å². The van der Waals surface area contributed by atoms with Crippen molar-refractivity contribution in [2.45, 2.75) is 32.4 Å². The van der Waals surface area contributed by atoms with Gasteiger partial charge in [-0.25, -0.2) is 17.2 Å². The van der Waals surface area contributed by atoms with Gasteiger partial charge in [-0.05, 0) is 43.2 Å². The lowest BCUT2D eigenvalue weighted by Crippen LogP contribution is -2.48. The zero-order chi connectivity index (χ0) is 21.8. The highest BCUT2D eigenvalue weighted by Gasteiger charge is 2.30. The van der Waals surface area contributed by atoms with Crippen molar-refractivity contribution in [2.24, 2.45) is 0 Å². The summed E-state index contributed by atoms with van der Waals surface area (Å²) in [6.07, 6.45) is 1.47. The highest BCUT2D eigenvalue weighted by molar-refractivity contribution is 7.92. The minimum Gasteiger partial charge on any atom is -0.497 e. The first-order chi connectivity index (χ1) is 13.6. The molecular formula is C20H24F2N2O4S. The number of sulfonamides is 1. The van der Waals surface area contributed by atoms with Crippen molar-refractivity contribution in [3.63, 3.8) is 0 Å². The Balaban J connectivity index is 2.28. The number of anilines is 1. The van der Waals surface area contributed by atoms with Gasteiger partial charge >= 0.3 is 0 Å². The molecule has 29 heavy (non-hydrogen) atoms. The molecule has 2 aromatic rings. The average molecular weight is 426 g/mol. The first-order valence-corrected chi connectivity index (χ1v) is 10.8. The normalized spacial score (nSPS) is 13.4. The number of carbonyl (C=O) groups is 1. The number of methoxy groups -OCH3 is 1. The van der Waals surface area contributed by atoms with Crippen LogP contribution in [0.3, 0.4) is 0 Å². The van der Waals surface area contributed by atoms with Crippen molar-refractivity contribution in [2.75, 3.05) is 17.7 Å². The number of nitrogens with one attached hydrogen (secondary N) is 1. The van der Waals surface area contributed by atoms with Gasteiger partial charge in [0.05, 0.1) is 25.1 Å². The molecule has 0 aliphatic carbocycles. The van der Waals surface area contributed by atoms with Gasteiger partial charge in [0.1, 0.15) is 11.8 Å². The van der Waals surface area contributed by atoms with Crippen LogP contribution in [0.25, 0.3) is 0 Å². The van der Waals surface area contributed by atoms with E-state index in [1.54, 1.807) is 19.2 Å². The third-order valence-corrected chi connectivity index (χ3v) is 5.73. The Morgan fingerprint density at radius 3 is 2.24 bits per heavy atom. The highest BCUT2D eigenvalue weighted by Crippen LogP contribution is 2.25. The van der Waals surface area contributed by atoms with E-state index < -0.39 is 33.6 Å². The predicted molar refractivity (Wildman–Crippen MR) is 107 cm³/mol. The summed E-state index contributed by atoms with van der Waals surface area (Å²) in [7, 11) is -2.39. The van der Waals surface area contributed by atoms with Crippen LogP contribution >= 0.6 is 0 Å². The second-order valence-electron chi connectivity index (χ2n) is 6.58. The summed E-state index contributed by atoms with van der Waals surface area (Å²) in [6.45, 7) is 3.27. The quantitative estimate of drug-likeness (QED) is 0.702. The van der Waals surface area contributed by atoms with Crippen LogP contribution in [0.1, 0.15) is 31.9 Å². The largest absolute Gasteiger partial charge is 0.497 e. The van der Waals surface area contributed by atoms with Gasteiger partial charge in [-0.2, -0.15) is 0 Å². The Labute approximate surface area is 169 Å².